The molecule has 26 heteroatoms. The first-order chi connectivity index (χ1) is 42.9. The molecule has 0 radical (unpaired) electrons. The summed E-state index contributed by atoms with van der Waals surface area (Å²) in [4.78, 5) is 57.2. The number of fused-ring (bicyclic) bond motifs is 4. The molecule has 12 aromatic rings. The second-order valence-electron chi connectivity index (χ2n) is 20.8. The first-order valence-electron chi connectivity index (χ1n) is 28.6. The molecule has 0 unspecified atom stereocenters. The Kier molecular flexibility index (Phi) is 18.7. The minimum atomic E-state index is -3.43. The van der Waals surface area contributed by atoms with Gasteiger partial charge in [0.05, 0.1) is 65.3 Å². The van der Waals surface area contributed by atoms with Gasteiger partial charge in [0.15, 0.2) is 28.4 Å². The predicted molar refractivity (Wildman–Crippen MR) is 335 cm³/mol. The van der Waals surface area contributed by atoms with Gasteiger partial charge in [-0.05, 0) is 88.8 Å². The van der Waals surface area contributed by atoms with Crippen LogP contribution in [0.2, 0.25) is 0 Å². The number of para-hydroxylation sites is 4. The van der Waals surface area contributed by atoms with E-state index in [9.17, 15) is 18.0 Å². The van der Waals surface area contributed by atoms with E-state index in [0.29, 0.717) is 43.0 Å². The van der Waals surface area contributed by atoms with Crippen molar-refractivity contribution in [2.24, 2.45) is 11.8 Å². The topological polar surface area (TPSA) is 296 Å². The number of aromatic nitrogens is 16. The molecule has 4 aromatic carbocycles. The summed E-state index contributed by atoms with van der Waals surface area (Å²) in [6.45, 7) is 2.29. The number of benzene rings is 4. The molecule has 0 bridgehead atoms. The van der Waals surface area contributed by atoms with Crippen molar-refractivity contribution in [3.05, 3.63) is 171 Å². The zero-order valence-corrected chi connectivity index (χ0v) is 49.9. The van der Waals surface area contributed by atoms with Crippen LogP contribution in [0, 0.1) is 11.8 Å². The molecule has 8 heterocycles. The van der Waals surface area contributed by atoms with Crippen LogP contribution >= 0.6 is 11.8 Å². The summed E-state index contributed by atoms with van der Waals surface area (Å²) in [6.07, 6.45) is 23.3. The molecule has 8 aromatic heterocycles. The van der Waals surface area contributed by atoms with Crippen LogP contribution in [0.4, 0.5) is 11.9 Å². The number of rotatable bonds is 13. The molecule has 2 aliphatic carbocycles. The number of carbonyl (C=O) groups excluding carboxylic acids is 1. The fourth-order valence-corrected chi connectivity index (χ4v) is 11.3. The van der Waals surface area contributed by atoms with E-state index >= 15 is 0 Å². The van der Waals surface area contributed by atoms with Gasteiger partial charge in [0.2, 0.25) is 26.9 Å². The lowest BCUT2D eigenvalue weighted by Gasteiger charge is -2.27. The minimum Gasteiger partial charge on any atom is -0.481 e. The molecule has 2 saturated carbocycles. The molecule has 0 saturated heterocycles. The second kappa shape index (κ2) is 27.5. The highest BCUT2D eigenvalue weighted by Gasteiger charge is 2.28. The zero-order chi connectivity index (χ0) is 61.0. The van der Waals surface area contributed by atoms with E-state index in [1.165, 1.54) is 18.0 Å². The maximum absolute atomic E-state index is 11.9. The maximum Gasteiger partial charge on any atom is 0.308 e. The van der Waals surface area contributed by atoms with Crippen molar-refractivity contribution in [3.63, 3.8) is 0 Å². The van der Waals surface area contributed by atoms with Crippen molar-refractivity contribution in [2.45, 2.75) is 80.7 Å². The lowest BCUT2D eigenvalue weighted by atomic mass is 9.86. The highest BCUT2D eigenvalue weighted by molar-refractivity contribution is 7.98. The van der Waals surface area contributed by atoms with Crippen LogP contribution in [0.3, 0.4) is 0 Å². The Labute approximate surface area is 509 Å². The number of carbonyl (C=O) groups is 2. The van der Waals surface area contributed by atoms with Gasteiger partial charge in [-0.15, -0.1) is 0 Å². The maximum atomic E-state index is 11.9. The molecule has 0 aliphatic heterocycles. The number of thioether (sulfide) groups is 1. The molecule has 0 atom stereocenters. The van der Waals surface area contributed by atoms with E-state index in [1.807, 2.05) is 156 Å². The van der Waals surface area contributed by atoms with E-state index in [1.54, 1.807) is 40.2 Å². The zero-order valence-electron chi connectivity index (χ0n) is 48.3. The Morgan fingerprint density at radius 3 is 1.26 bits per heavy atom. The molecule has 2 aliphatic rings. The molecular formula is C62H62N18O6S2. The summed E-state index contributed by atoms with van der Waals surface area (Å²) in [5, 5.41) is 38.0. The van der Waals surface area contributed by atoms with Gasteiger partial charge in [-0.2, -0.15) is 35.3 Å². The van der Waals surface area contributed by atoms with Crippen molar-refractivity contribution < 1.29 is 27.9 Å². The molecule has 88 heavy (non-hydrogen) atoms. The average Bonchev–Trinajstić information content (AvgIpc) is 2.30. The Morgan fingerprint density at radius 2 is 0.875 bits per heavy atom. The SMILES string of the molecule is CCOC(=O)C1CCC(Nc2nccc(-n3ncc4ccccc43)n2)CC1.CS(=O)(=O)c1nccc(-n2ncc3ccccc32)n1.CSc1nccc(-n2ncc3ccccc32)n1.O=C(O)C1CCC(Nc2nccc(-n3ncc4ccccc43)n2)CC1. The predicted octanol–water partition coefficient (Wildman–Crippen LogP) is 9.98. The summed E-state index contributed by atoms with van der Waals surface area (Å²) in [5.74, 6) is 2.84. The first kappa shape index (κ1) is 59.6. The van der Waals surface area contributed by atoms with Crippen molar-refractivity contribution in [1.29, 1.82) is 0 Å². The lowest BCUT2D eigenvalue weighted by molar-refractivity contribution is -0.149. The summed E-state index contributed by atoms with van der Waals surface area (Å²) < 4.78 is 35.1. The van der Waals surface area contributed by atoms with Gasteiger partial charge in [0.1, 0.15) is 0 Å². The van der Waals surface area contributed by atoms with Crippen LogP contribution in [-0.2, 0) is 24.2 Å². The number of carboxylic acids is 1. The third kappa shape index (κ3) is 14.3. The number of aliphatic carboxylic acids is 1. The molecule has 14 rings (SSSR count). The molecular weight excluding hydrogens is 1160 g/mol. The van der Waals surface area contributed by atoms with Crippen molar-refractivity contribution in [1.82, 2.24) is 79.0 Å². The fourth-order valence-electron chi connectivity index (χ4n) is 10.5. The normalized spacial score (nSPS) is 16.5. The molecule has 448 valence electrons. The summed E-state index contributed by atoms with van der Waals surface area (Å²) in [5.41, 5.74) is 3.92. The smallest absolute Gasteiger partial charge is 0.308 e. The number of sulfone groups is 1. The van der Waals surface area contributed by atoms with Gasteiger partial charge in [-0.25, -0.2) is 52.1 Å². The van der Waals surface area contributed by atoms with Gasteiger partial charge in [0.25, 0.3) is 0 Å². The Morgan fingerprint density at radius 1 is 0.511 bits per heavy atom. The van der Waals surface area contributed by atoms with E-state index in [2.05, 4.69) is 70.9 Å². The van der Waals surface area contributed by atoms with Crippen molar-refractivity contribution in [2.75, 3.05) is 29.8 Å². The lowest BCUT2D eigenvalue weighted by Crippen LogP contribution is -2.30. The average molecular weight is 1220 g/mol. The Balaban J connectivity index is 0.000000123. The Bertz CT molecular complexity index is 4480. The van der Waals surface area contributed by atoms with Gasteiger partial charge in [-0.1, -0.05) is 84.6 Å². The number of nitrogens with zero attached hydrogens (tertiary/aromatic N) is 16. The number of nitrogens with one attached hydrogen (secondary N) is 2. The standard InChI is InChI=1S/C20H23N5O2.C18H19N5O2.C12H10N4O2S.C12H10N4S/c1-2-27-19(26)14-7-9-16(10-8-14)23-20-21-12-11-18(24-20)25-17-6-4-3-5-15(17)13-22-25;24-17(25)12-5-7-14(8-6-12)21-18-19-10-9-16(22-18)23-15-4-2-1-3-13(15)11-20-23;1-19(17,18)12-13-7-6-11(15-12)16-10-5-3-2-4-9(10)8-14-16;1-17-12-13-7-6-11(15-12)16-10-5-3-2-4-9(10)8-14-16/h3-6,11-14,16H,2,7-10H2,1H3,(H,21,23,24);1-4,9-12,14H,5-8H2,(H,24,25)(H,19,21,22);2-8H,1H3;2-8H,1H3. The monoisotopic (exact) mass is 1220 g/mol. The highest BCUT2D eigenvalue weighted by Crippen LogP contribution is 2.29. The summed E-state index contributed by atoms with van der Waals surface area (Å²) in [7, 11) is -3.43. The van der Waals surface area contributed by atoms with Crippen LogP contribution in [0.15, 0.2) is 181 Å². The number of hydrogen-bond donors (Lipinski definition) is 3. The fraction of sp³-hybridized carbons (Fsp3) is 0.258. The number of carboxylic acid groups (broad SMARTS) is 1. The van der Waals surface area contributed by atoms with E-state index in [-0.39, 0.29) is 35.0 Å². The van der Waals surface area contributed by atoms with Crippen molar-refractivity contribution >= 4 is 89.0 Å². The number of esters is 1. The van der Waals surface area contributed by atoms with Crippen LogP contribution in [0.25, 0.3) is 66.9 Å². The summed E-state index contributed by atoms with van der Waals surface area (Å²) >= 11 is 1.52. The first-order valence-corrected chi connectivity index (χ1v) is 31.7. The molecule has 2 fully saturated rings. The number of hydrogen-bond acceptors (Lipinski definition) is 20. The molecule has 0 amide bonds. The highest BCUT2D eigenvalue weighted by atomic mass is 32.2. The van der Waals surface area contributed by atoms with Gasteiger partial charge >= 0.3 is 11.9 Å². The van der Waals surface area contributed by atoms with E-state index in [0.717, 1.165) is 105 Å². The molecule has 24 nitrogen and oxygen atoms in total. The van der Waals surface area contributed by atoms with Crippen LogP contribution < -0.4 is 10.6 Å². The third-order valence-corrected chi connectivity index (χ3v) is 16.3. The van der Waals surface area contributed by atoms with Gasteiger partial charge in [0, 0.05) is 88.9 Å². The van der Waals surface area contributed by atoms with Gasteiger partial charge < -0.3 is 20.5 Å². The largest absolute Gasteiger partial charge is 0.481 e. The van der Waals surface area contributed by atoms with E-state index in [4.69, 9.17) is 9.84 Å². The van der Waals surface area contributed by atoms with Gasteiger partial charge in [-0.3, -0.25) is 9.59 Å². The number of ether oxygens (including phenoxy) is 1. The van der Waals surface area contributed by atoms with Crippen LogP contribution in [0.5, 0.6) is 0 Å². The number of anilines is 2. The van der Waals surface area contributed by atoms with E-state index < -0.39 is 15.8 Å². The van der Waals surface area contributed by atoms with Crippen molar-refractivity contribution in [3.8, 4) is 23.3 Å². The molecule has 0 spiro atoms. The summed E-state index contributed by atoms with van der Waals surface area (Å²) in [6, 6.07) is 39.3. The minimum absolute atomic E-state index is 0.0192. The third-order valence-electron chi connectivity index (χ3n) is 14.9. The van der Waals surface area contributed by atoms with Crippen LogP contribution in [-0.4, -0.2) is 136 Å². The Hall–Kier alpha value is -10.1. The second-order valence-corrected chi connectivity index (χ2v) is 23.5. The quantitative estimate of drug-likeness (QED) is 0.0549. The molecule has 3 N–H and O–H groups in total. The van der Waals surface area contributed by atoms with Crippen LogP contribution in [0.1, 0.15) is 58.3 Å².